The number of thioether (sulfide) groups is 1. The van der Waals surface area contributed by atoms with Crippen molar-refractivity contribution < 1.29 is 23.8 Å². The van der Waals surface area contributed by atoms with Crippen LogP contribution in [0, 0.1) is 6.92 Å². The van der Waals surface area contributed by atoms with Gasteiger partial charge >= 0.3 is 5.97 Å². The van der Waals surface area contributed by atoms with E-state index in [0.29, 0.717) is 22.6 Å². The fraction of sp³-hybridized carbons (Fsp3) is 0.500. The van der Waals surface area contributed by atoms with Gasteiger partial charge in [0, 0.05) is 24.7 Å². The van der Waals surface area contributed by atoms with Gasteiger partial charge in [-0.3, -0.25) is 9.59 Å². The molecule has 6 nitrogen and oxygen atoms in total. The van der Waals surface area contributed by atoms with E-state index in [1.807, 2.05) is 32.9 Å². The number of aromatic nitrogens is 1. The minimum absolute atomic E-state index is 0.00650. The van der Waals surface area contributed by atoms with Crippen molar-refractivity contribution in [3.8, 4) is 0 Å². The lowest BCUT2D eigenvalue weighted by Gasteiger charge is -2.16. The van der Waals surface area contributed by atoms with Gasteiger partial charge < -0.3 is 14.2 Å². The Kier molecular flexibility index (Phi) is 8.98. The van der Waals surface area contributed by atoms with E-state index in [1.165, 1.54) is 11.3 Å². The van der Waals surface area contributed by atoms with Gasteiger partial charge in [0.2, 0.25) is 0 Å². The van der Waals surface area contributed by atoms with E-state index >= 15 is 0 Å². The Hall–Kier alpha value is -1.19. The van der Waals surface area contributed by atoms with Crippen molar-refractivity contribution in [2.24, 2.45) is 0 Å². The molecule has 0 radical (unpaired) electrons. The quantitative estimate of drug-likeness (QED) is 0.309. The third kappa shape index (κ3) is 7.04. The summed E-state index contributed by atoms with van der Waals surface area (Å²) in [7, 11) is 0. The topological polar surface area (TPSA) is 74.7 Å². The molecular weight excluding hydrogens is 410 g/mol. The average Bonchev–Trinajstić information content (AvgIpc) is 3.00. The van der Waals surface area contributed by atoms with Crippen LogP contribution in [0.15, 0.2) is 16.5 Å². The Morgan fingerprint density at radius 2 is 1.93 bits per heavy atom. The number of ether oxygens (including phenoxy) is 3. The summed E-state index contributed by atoms with van der Waals surface area (Å²) in [5, 5.41) is 0.507. The number of carbonyl (C=O) groups is 2. The fourth-order valence-electron chi connectivity index (χ4n) is 2.28. The third-order valence-corrected chi connectivity index (χ3v) is 5.66. The molecule has 1 aromatic carbocycles. The van der Waals surface area contributed by atoms with E-state index in [-0.39, 0.29) is 24.6 Å². The molecule has 0 fully saturated rings. The molecule has 0 unspecified atom stereocenters. The number of halogens is 1. The van der Waals surface area contributed by atoms with Crippen LogP contribution in [0.1, 0.15) is 32.3 Å². The van der Waals surface area contributed by atoms with Crippen LogP contribution in [0.4, 0.5) is 0 Å². The SMILES string of the molecule is CCOC(COC(=O)CCC(=O)Sc1nc2c(C)cc(Cl)cc2s1)OCC. The van der Waals surface area contributed by atoms with Crippen molar-refractivity contribution in [3.05, 3.63) is 22.7 Å². The van der Waals surface area contributed by atoms with Gasteiger partial charge in [0.1, 0.15) is 6.61 Å². The van der Waals surface area contributed by atoms with Crippen LogP contribution in [0.2, 0.25) is 5.02 Å². The number of fused-ring (bicyclic) bond motifs is 1. The highest BCUT2D eigenvalue weighted by Crippen LogP contribution is 2.34. The van der Waals surface area contributed by atoms with E-state index < -0.39 is 12.3 Å². The van der Waals surface area contributed by atoms with Crippen molar-refractivity contribution in [3.63, 3.8) is 0 Å². The Labute approximate surface area is 171 Å². The summed E-state index contributed by atoms with van der Waals surface area (Å²) in [6, 6.07) is 3.67. The molecule has 0 bridgehead atoms. The lowest BCUT2D eigenvalue weighted by Crippen LogP contribution is -2.25. The second-order valence-electron chi connectivity index (χ2n) is 5.55. The van der Waals surface area contributed by atoms with Gasteiger partial charge in [-0.15, -0.1) is 11.3 Å². The Bertz CT molecular complexity index is 789. The monoisotopic (exact) mass is 431 g/mol. The van der Waals surface area contributed by atoms with Crippen molar-refractivity contribution in [2.75, 3.05) is 19.8 Å². The molecule has 0 saturated carbocycles. The molecule has 9 heteroatoms. The Morgan fingerprint density at radius 3 is 2.59 bits per heavy atom. The summed E-state index contributed by atoms with van der Waals surface area (Å²) >= 11 is 8.50. The number of hydrogen-bond acceptors (Lipinski definition) is 8. The summed E-state index contributed by atoms with van der Waals surface area (Å²) in [5.41, 5.74) is 1.81. The Balaban J connectivity index is 1.80. The smallest absolute Gasteiger partial charge is 0.306 e. The highest BCUT2D eigenvalue weighted by atomic mass is 35.5. The van der Waals surface area contributed by atoms with Gasteiger partial charge in [-0.1, -0.05) is 11.6 Å². The largest absolute Gasteiger partial charge is 0.460 e. The van der Waals surface area contributed by atoms with E-state index in [9.17, 15) is 9.59 Å². The maximum Gasteiger partial charge on any atom is 0.306 e. The predicted molar refractivity (Wildman–Crippen MR) is 107 cm³/mol. The number of aryl methyl sites for hydroxylation is 1. The fourth-order valence-corrected chi connectivity index (χ4v) is 4.68. The van der Waals surface area contributed by atoms with Gasteiger partial charge in [0.25, 0.3) is 0 Å². The second-order valence-corrected chi connectivity index (χ2v) is 8.32. The average molecular weight is 432 g/mol. The molecule has 0 saturated heterocycles. The molecule has 2 rings (SSSR count). The molecule has 0 N–H and O–H groups in total. The second kappa shape index (κ2) is 11.0. The molecule has 0 aliphatic heterocycles. The van der Waals surface area contributed by atoms with Gasteiger partial charge in [-0.2, -0.15) is 0 Å². The number of rotatable bonds is 10. The molecule has 0 aliphatic carbocycles. The molecule has 0 spiro atoms. The lowest BCUT2D eigenvalue weighted by molar-refractivity contribution is -0.179. The predicted octanol–water partition coefficient (Wildman–Crippen LogP) is 4.60. The maximum atomic E-state index is 12.1. The minimum atomic E-state index is -0.577. The molecule has 27 heavy (non-hydrogen) atoms. The van der Waals surface area contributed by atoms with Crippen LogP contribution in [0.3, 0.4) is 0 Å². The molecule has 1 aromatic heterocycles. The van der Waals surface area contributed by atoms with Crippen LogP contribution < -0.4 is 0 Å². The zero-order chi connectivity index (χ0) is 19.8. The van der Waals surface area contributed by atoms with E-state index in [1.54, 1.807) is 0 Å². The first kappa shape index (κ1) is 22.1. The number of hydrogen-bond donors (Lipinski definition) is 0. The van der Waals surface area contributed by atoms with E-state index in [0.717, 1.165) is 27.5 Å². The van der Waals surface area contributed by atoms with Crippen LogP contribution in [-0.2, 0) is 23.8 Å². The number of nitrogens with zero attached hydrogens (tertiary/aromatic N) is 1. The van der Waals surface area contributed by atoms with Crippen LogP contribution in [-0.4, -0.2) is 42.2 Å². The zero-order valence-electron chi connectivity index (χ0n) is 15.5. The number of benzene rings is 1. The molecule has 0 atom stereocenters. The lowest BCUT2D eigenvalue weighted by atomic mass is 10.2. The molecular formula is C18H22ClNO5S2. The van der Waals surface area contributed by atoms with Crippen molar-refractivity contribution >= 4 is 56.0 Å². The summed E-state index contributed by atoms with van der Waals surface area (Å²) in [5.74, 6) is -0.458. The number of carbonyl (C=O) groups excluding carboxylic acids is 2. The van der Waals surface area contributed by atoms with Crippen molar-refractivity contribution in [1.29, 1.82) is 0 Å². The first-order chi connectivity index (χ1) is 12.9. The molecule has 0 amide bonds. The molecule has 2 aromatic rings. The van der Waals surface area contributed by atoms with Crippen LogP contribution in [0.25, 0.3) is 10.2 Å². The molecule has 148 valence electrons. The first-order valence-corrected chi connectivity index (χ1v) is 10.6. The van der Waals surface area contributed by atoms with E-state index in [4.69, 9.17) is 25.8 Å². The van der Waals surface area contributed by atoms with Crippen LogP contribution >= 0.6 is 34.7 Å². The highest BCUT2D eigenvalue weighted by Gasteiger charge is 2.16. The number of thiazole rings is 1. The third-order valence-electron chi connectivity index (χ3n) is 3.45. The summed E-state index contributed by atoms with van der Waals surface area (Å²) < 4.78 is 17.3. The van der Waals surface area contributed by atoms with Crippen LogP contribution in [0.5, 0.6) is 0 Å². The molecule has 0 aliphatic rings. The standard InChI is InChI=1S/C18H22ClNO5S2/c1-4-23-16(24-5-2)10-25-14(21)6-7-15(22)27-18-20-17-11(3)8-12(19)9-13(17)26-18/h8-9,16H,4-7,10H2,1-3H3. The van der Waals surface area contributed by atoms with Crippen molar-refractivity contribution in [1.82, 2.24) is 4.98 Å². The van der Waals surface area contributed by atoms with Gasteiger partial charge in [-0.25, -0.2) is 4.98 Å². The Morgan fingerprint density at radius 1 is 1.22 bits per heavy atom. The summed E-state index contributed by atoms with van der Waals surface area (Å²) in [4.78, 5) is 28.4. The number of esters is 1. The minimum Gasteiger partial charge on any atom is -0.460 e. The molecule has 1 heterocycles. The summed E-state index contributed by atoms with van der Waals surface area (Å²) in [6.45, 7) is 6.54. The normalized spacial score (nSPS) is 11.3. The maximum absolute atomic E-state index is 12.1. The van der Waals surface area contributed by atoms with Gasteiger partial charge in [0.05, 0.1) is 16.6 Å². The first-order valence-electron chi connectivity index (χ1n) is 8.59. The highest BCUT2D eigenvalue weighted by molar-refractivity contribution is 8.15. The zero-order valence-corrected chi connectivity index (χ0v) is 17.8. The van der Waals surface area contributed by atoms with Gasteiger partial charge in [-0.05, 0) is 50.2 Å². The van der Waals surface area contributed by atoms with Crippen molar-refractivity contribution in [2.45, 2.75) is 44.2 Å². The van der Waals surface area contributed by atoms with Gasteiger partial charge in [0.15, 0.2) is 15.7 Å². The summed E-state index contributed by atoms with van der Waals surface area (Å²) in [6.07, 6.45) is -0.494. The van der Waals surface area contributed by atoms with E-state index in [2.05, 4.69) is 4.98 Å².